The molecule has 1 aromatic carbocycles. The van der Waals surface area contributed by atoms with Crippen molar-refractivity contribution in [3.05, 3.63) is 29.3 Å². The van der Waals surface area contributed by atoms with E-state index in [0.717, 1.165) is 0 Å². The molecule has 1 unspecified atom stereocenters. The maximum Gasteiger partial charge on any atom is 0.323 e. The van der Waals surface area contributed by atoms with Gasteiger partial charge in [-0.3, -0.25) is 0 Å². The van der Waals surface area contributed by atoms with Crippen LogP contribution in [0.15, 0.2) is 24.3 Å². The fourth-order valence-corrected chi connectivity index (χ4v) is 1.92. The molecule has 0 saturated carbocycles. The van der Waals surface area contributed by atoms with E-state index in [1.54, 1.807) is 24.3 Å². The number of urea groups is 1. The summed E-state index contributed by atoms with van der Waals surface area (Å²) in [6.07, 6.45) is 0. The first-order valence-corrected chi connectivity index (χ1v) is 6.02. The molecule has 0 aliphatic carbocycles. The summed E-state index contributed by atoms with van der Waals surface area (Å²) in [6.45, 7) is 1.73. The zero-order chi connectivity index (χ0) is 13.0. The van der Waals surface area contributed by atoms with Crippen LogP contribution in [-0.4, -0.2) is 36.6 Å². The van der Waals surface area contributed by atoms with Crippen LogP contribution < -0.4 is 10.6 Å². The lowest BCUT2D eigenvalue weighted by Crippen LogP contribution is -2.54. The number of nitrogens with one attached hydrogen (secondary N) is 2. The normalized spacial score (nSPS) is 19.1. The molecule has 0 bridgehead atoms. The third kappa shape index (κ3) is 2.92. The van der Waals surface area contributed by atoms with Gasteiger partial charge in [0.1, 0.15) is 6.04 Å². The number of hydrogen-bond donors (Lipinski definition) is 2. The van der Waals surface area contributed by atoms with Gasteiger partial charge in [0.15, 0.2) is 0 Å². The van der Waals surface area contributed by atoms with E-state index in [2.05, 4.69) is 16.7 Å². The summed E-state index contributed by atoms with van der Waals surface area (Å²) in [4.78, 5) is 13.6. The summed E-state index contributed by atoms with van der Waals surface area (Å²) < 4.78 is 0. The lowest BCUT2D eigenvalue weighted by molar-refractivity contribution is 0.188. The number of benzene rings is 1. The number of halogens is 1. The molecule has 0 spiro atoms. The summed E-state index contributed by atoms with van der Waals surface area (Å²) in [6, 6.07) is 8.29. The minimum atomic E-state index is -0.425. The van der Waals surface area contributed by atoms with Crippen LogP contribution >= 0.6 is 11.6 Å². The van der Waals surface area contributed by atoms with Gasteiger partial charge in [-0.25, -0.2) is 4.79 Å². The fraction of sp³-hybridized carbons (Fsp3) is 0.333. The van der Waals surface area contributed by atoms with E-state index < -0.39 is 6.04 Å². The molecular weight excluding hydrogens is 252 g/mol. The highest BCUT2D eigenvalue weighted by atomic mass is 35.5. The summed E-state index contributed by atoms with van der Waals surface area (Å²) in [5.41, 5.74) is 0.666. The summed E-state index contributed by atoms with van der Waals surface area (Å²) in [5.74, 6) is 0. The van der Waals surface area contributed by atoms with Crippen molar-refractivity contribution in [3.8, 4) is 6.07 Å². The zero-order valence-electron chi connectivity index (χ0n) is 9.69. The van der Waals surface area contributed by atoms with Crippen molar-refractivity contribution in [1.82, 2.24) is 10.2 Å². The van der Waals surface area contributed by atoms with Gasteiger partial charge >= 0.3 is 6.03 Å². The van der Waals surface area contributed by atoms with Crippen molar-refractivity contribution in [3.63, 3.8) is 0 Å². The van der Waals surface area contributed by atoms with Crippen molar-refractivity contribution < 1.29 is 4.79 Å². The maximum absolute atomic E-state index is 12.0. The SMILES string of the molecule is N#CC1CNCCN1C(=O)Nc1ccc(Cl)cc1. The summed E-state index contributed by atoms with van der Waals surface area (Å²) in [7, 11) is 0. The van der Waals surface area contributed by atoms with E-state index in [9.17, 15) is 4.79 Å². The Morgan fingerprint density at radius 2 is 2.22 bits per heavy atom. The van der Waals surface area contributed by atoms with Crippen LogP contribution in [0, 0.1) is 11.3 Å². The number of anilines is 1. The standard InChI is InChI=1S/C12H13ClN4O/c13-9-1-3-10(4-2-9)16-12(18)17-6-5-15-8-11(17)7-14/h1-4,11,15H,5-6,8H2,(H,16,18). The first kappa shape index (κ1) is 12.7. The van der Waals surface area contributed by atoms with Gasteiger partial charge in [0, 0.05) is 30.3 Å². The Hall–Kier alpha value is -1.77. The van der Waals surface area contributed by atoms with E-state index in [4.69, 9.17) is 16.9 Å². The molecule has 1 fully saturated rings. The first-order valence-electron chi connectivity index (χ1n) is 5.64. The van der Waals surface area contributed by atoms with Gasteiger partial charge in [0.05, 0.1) is 6.07 Å². The Morgan fingerprint density at radius 1 is 1.50 bits per heavy atom. The van der Waals surface area contributed by atoms with Gasteiger partial charge in [0.2, 0.25) is 0 Å². The maximum atomic E-state index is 12.0. The minimum absolute atomic E-state index is 0.259. The van der Waals surface area contributed by atoms with Gasteiger partial charge in [-0.05, 0) is 24.3 Å². The number of amides is 2. The molecule has 5 nitrogen and oxygen atoms in total. The predicted molar refractivity (Wildman–Crippen MR) is 69.4 cm³/mol. The molecule has 6 heteroatoms. The number of hydrogen-bond acceptors (Lipinski definition) is 3. The Labute approximate surface area is 110 Å². The smallest absolute Gasteiger partial charge is 0.312 e. The number of piperazine rings is 1. The van der Waals surface area contributed by atoms with Crippen LogP contribution in [0.25, 0.3) is 0 Å². The Morgan fingerprint density at radius 3 is 2.89 bits per heavy atom. The summed E-state index contributed by atoms with van der Waals surface area (Å²) in [5, 5.41) is 15.4. The fourth-order valence-electron chi connectivity index (χ4n) is 1.79. The lowest BCUT2D eigenvalue weighted by atomic mass is 10.2. The molecule has 1 atom stereocenters. The van der Waals surface area contributed by atoms with E-state index in [1.165, 1.54) is 4.90 Å². The largest absolute Gasteiger partial charge is 0.323 e. The quantitative estimate of drug-likeness (QED) is 0.811. The van der Waals surface area contributed by atoms with Crippen molar-refractivity contribution in [2.45, 2.75) is 6.04 Å². The van der Waals surface area contributed by atoms with E-state index in [-0.39, 0.29) is 6.03 Å². The highest BCUT2D eigenvalue weighted by Crippen LogP contribution is 2.14. The number of carbonyl (C=O) groups is 1. The second-order valence-corrected chi connectivity index (χ2v) is 4.42. The van der Waals surface area contributed by atoms with Gasteiger partial charge in [-0.2, -0.15) is 5.26 Å². The first-order chi connectivity index (χ1) is 8.70. The number of nitrogens with zero attached hydrogens (tertiary/aromatic N) is 2. The van der Waals surface area contributed by atoms with Crippen LogP contribution in [0.4, 0.5) is 10.5 Å². The van der Waals surface area contributed by atoms with E-state index >= 15 is 0 Å². The Balaban J connectivity index is 2.02. The van der Waals surface area contributed by atoms with E-state index in [1.807, 2.05) is 0 Å². The topological polar surface area (TPSA) is 68.2 Å². The molecule has 0 radical (unpaired) electrons. The third-order valence-corrected chi connectivity index (χ3v) is 3.00. The molecule has 1 heterocycles. The van der Waals surface area contributed by atoms with Crippen molar-refractivity contribution in [2.24, 2.45) is 0 Å². The molecule has 18 heavy (non-hydrogen) atoms. The van der Waals surface area contributed by atoms with Crippen molar-refractivity contribution >= 4 is 23.3 Å². The molecule has 2 N–H and O–H groups in total. The van der Waals surface area contributed by atoms with Gasteiger partial charge in [0.25, 0.3) is 0 Å². The Kier molecular flexibility index (Phi) is 4.03. The molecule has 2 rings (SSSR count). The monoisotopic (exact) mass is 264 g/mol. The van der Waals surface area contributed by atoms with Crippen LogP contribution in [0.5, 0.6) is 0 Å². The second kappa shape index (κ2) is 5.71. The average Bonchev–Trinajstić information content (AvgIpc) is 2.41. The highest BCUT2D eigenvalue weighted by Gasteiger charge is 2.26. The Bertz CT molecular complexity index is 468. The van der Waals surface area contributed by atoms with Crippen molar-refractivity contribution in [1.29, 1.82) is 5.26 Å². The molecule has 1 aliphatic rings. The minimum Gasteiger partial charge on any atom is -0.312 e. The zero-order valence-corrected chi connectivity index (χ0v) is 10.4. The number of carbonyl (C=O) groups excluding carboxylic acids is 1. The number of rotatable bonds is 1. The van der Waals surface area contributed by atoms with Gasteiger partial charge < -0.3 is 15.5 Å². The lowest BCUT2D eigenvalue weighted by Gasteiger charge is -2.31. The van der Waals surface area contributed by atoms with Crippen LogP contribution in [0.3, 0.4) is 0 Å². The second-order valence-electron chi connectivity index (χ2n) is 3.98. The van der Waals surface area contributed by atoms with Crippen LogP contribution in [0.1, 0.15) is 0 Å². The molecule has 1 aliphatic heterocycles. The highest BCUT2D eigenvalue weighted by molar-refractivity contribution is 6.30. The predicted octanol–water partition coefficient (Wildman–Crippen LogP) is 1.67. The molecular formula is C12H13ClN4O. The molecule has 94 valence electrons. The average molecular weight is 265 g/mol. The van der Waals surface area contributed by atoms with E-state index in [0.29, 0.717) is 30.3 Å². The number of nitriles is 1. The summed E-state index contributed by atoms with van der Waals surface area (Å²) >= 11 is 5.77. The van der Waals surface area contributed by atoms with Crippen LogP contribution in [-0.2, 0) is 0 Å². The van der Waals surface area contributed by atoms with Crippen molar-refractivity contribution in [2.75, 3.05) is 25.0 Å². The van der Waals surface area contributed by atoms with Gasteiger partial charge in [-0.15, -0.1) is 0 Å². The third-order valence-electron chi connectivity index (χ3n) is 2.75. The molecule has 0 aromatic heterocycles. The van der Waals surface area contributed by atoms with Crippen LogP contribution in [0.2, 0.25) is 5.02 Å². The molecule has 1 aromatic rings. The van der Waals surface area contributed by atoms with Gasteiger partial charge in [-0.1, -0.05) is 11.6 Å². The molecule has 2 amide bonds. The molecule has 1 saturated heterocycles.